The number of carbonyl (C=O) groups is 2. The zero-order valence-corrected chi connectivity index (χ0v) is 20.2. The van der Waals surface area contributed by atoms with Crippen LogP contribution in [0.15, 0.2) is 102 Å². The summed E-state index contributed by atoms with van der Waals surface area (Å²) in [5.41, 5.74) is 5.08. The fourth-order valence-corrected chi connectivity index (χ4v) is 5.63. The number of esters is 1. The van der Waals surface area contributed by atoms with E-state index in [0.717, 1.165) is 17.7 Å². The Bertz CT molecular complexity index is 1660. The summed E-state index contributed by atoms with van der Waals surface area (Å²) >= 11 is 0. The molecule has 0 radical (unpaired) electrons. The van der Waals surface area contributed by atoms with Crippen LogP contribution in [0.1, 0.15) is 16.7 Å². The zero-order valence-electron chi connectivity index (χ0n) is 20.2. The minimum atomic E-state index is -4.64. The van der Waals surface area contributed by atoms with Crippen molar-refractivity contribution < 1.29 is 27.5 Å². The fourth-order valence-electron chi connectivity index (χ4n) is 5.63. The molecule has 194 valence electrons. The van der Waals surface area contributed by atoms with E-state index in [1.54, 1.807) is 24.3 Å². The van der Waals surface area contributed by atoms with Gasteiger partial charge in [0.25, 0.3) is 0 Å². The summed E-state index contributed by atoms with van der Waals surface area (Å²) < 4.78 is 45.9. The quantitative estimate of drug-likeness (QED) is 0.502. The zero-order chi connectivity index (χ0) is 27.5. The predicted octanol–water partition coefficient (Wildman–Crippen LogP) is 4.51. The van der Waals surface area contributed by atoms with E-state index < -0.39 is 29.0 Å². The number of amides is 1. The van der Waals surface area contributed by atoms with E-state index in [-0.39, 0.29) is 41.5 Å². The van der Waals surface area contributed by atoms with Crippen molar-refractivity contribution in [2.24, 2.45) is 5.73 Å². The average Bonchev–Trinajstić information content (AvgIpc) is 3.41. The molecule has 3 aromatic rings. The molecule has 0 aliphatic carbocycles. The predicted molar refractivity (Wildman–Crippen MR) is 134 cm³/mol. The SMILES string of the molecule is N#CC1=C(N)N(c2cccc(C(F)(F)F)c2)C2=C(C(=O)OC2)C12C(=O)N(Cc1ccccc1)c1ccccc12. The van der Waals surface area contributed by atoms with Gasteiger partial charge in [-0.1, -0.05) is 54.6 Å². The molecule has 2 N–H and O–H groups in total. The van der Waals surface area contributed by atoms with Gasteiger partial charge in [0.2, 0.25) is 5.91 Å². The van der Waals surface area contributed by atoms with Crippen molar-refractivity contribution in [2.45, 2.75) is 18.1 Å². The van der Waals surface area contributed by atoms with E-state index in [0.29, 0.717) is 11.3 Å². The number of rotatable bonds is 3. The number of nitrogens with zero attached hydrogens (tertiary/aromatic N) is 3. The largest absolute Gasteiger partial charge is 0.456 e. The molecule has 3 aliphatic heterocycles. The van der Waals surface area contributed by atoms with Gasteiger partial charge < -0.3 is 15.4 Å². The fraction of sp³-hybridized carbons (Fsp3) is 0.138. The number of ether oxygens (including phenoxy) is 1. The van der Waals surface area contributed by atoms with Crippen LogP contribution in [0, 0.1) is 11.3 Å². The lowest BCUT2D eigenvalue weighted by Gasteiger charge is -2.38. The van der Waals surface area contributed by atoms with Gasteiger partial charge in [-0.2, -0.15) is 18.4 Å². The lowest BCUT2D eigenvalue weighted by atomic mass is 9.67. The lowest BCUT2D eigenvalue weighted by molar-refractivity contribution is -0.138. The molecule has 10 heteroatoms. The van der Waals surface area contributed by atoms with Crippen LogP contribution in [0.3, 0.4) is 0 Å². The molecule has 1 unspecified atom stereocenters. The number of cyclic esters (lactones) is 1. The first kappa shape index (κ1) is 24.3. The molecule has 0 saturated carbocycles. The molecule has 1 spiro atoms. The van der Waals surface area contributed by atoms with Gasteiger partial charge in [-0.25, -0.2) is 4.79 Å². The minimum Gasteiger partial charge on any atom is -0.456 e. The van der Waals surface area contributed by atoms with Crippen LogP contribution < -0.4 is 15.5 Å². The van der Waals surface area contributed by atoms with E-state index in [2.05, 4.69) is 0 Å². The molecule has 0 bridgehead atoms. The third-order valence-electron chi connectivity index (χ3n) is 7.24. The summed E-state index contributed by atoms with van der Waals surface area (Å²) in [6, 6.07) is 22.4. The molecular weight excluding hydrogens is 509 g/mol. The summed E-state index contributed by atoms with van der Waals surface area (Å²) in [5, 5.41) is 10.4. The molecule has 39 heavy (non-hydrogen) atoms. The van der Waals surface area contributed by atoms with Gasteiger partial charge in [-0.05, 0) is 29.8 Å². The van der Waals surface area contributed by atoms with Gasteiger partial charge in [0, 0.05) is 16.9 Å². The number of hydrogen-bond donors (Lipinski definition) is 1. The number of hydrogen-bond acceptors (Lipinski definition) is 6. The highest BCUT2D eigenvalue weighted by Crippen LogP contribution is 2.56. The van der Waals surface area contributed by atoms with E-state index in [9.17, 15) is 28.0 Å². The van der Waals surface area contributed by atoms with Crippen LogP contribution in [0.25, 0.3) is 0 Å². The van der Waals surface area contributed by atoms with Crippen LogP contribution in [0.2, 0.25) is 0 Å². The molecule has 1 atom stereocenters. The maximum absolute atomic E-state index is 14.5. The summed E-state index contributed by atoms with van der Waals surface area (Å²) in [4.78, 5) is 30.5. The van der Waals surface area contributed by atoms with Crippen molar-refractivity contribution in [1.82, 2.24) is 0 Å². The first-order valence-electron chi connectivity index (χ1n) is 11.9. The minimum absolute atomic E-state index is 0.0180. The third kappa shape index (κ3) is 3.36. The second-order valence-corrected chi connectivity index (χ2v) is 9.30. The van der Waals surface area contributed by atoms with Crippen molar-refractivity contribution in [2.75, 3.05) is 16.4 Å². The van der Waals surface area contributed by atoms with Gasteiger partial charge >= 0.3 is 12.1 Å². The first-order valence-corrected chi connectivity index (χ1v) is 11.9. The highest BCUT2D eigenvalue weighted by atomic mass is 19.4. The standard InChI is InChI=1S/C29H19F3N4O3/c30-29(31,32)18-9-6-10-19(13-18)36-23-16-39-26(37)24(23)28(21(14-33)25(36)34)20-11-4-5-12-22(20)35(27(28)38)15-17-7-2-1-3-8-17/h1-13H,15-16,34H2. The van der Waals surface area contributed by atoms with E-state index >= 15 is 0 Å². The molecule has 6 rings (SSSR count). The monoisotopic (exact) mass is 528 g/mol. The summed E-state index contributed by atoms with van der Waals surface area (Å²) in [5.74, 6) is -1.66. The summed E-state index contributed by atoms with van der Waals surface area (Å²) in [6.07, 6.45) is -4.64. The Morgan fingerprint density at radius 3 is 2.44 bits per heavy atom. The number of carbonyl (C=O) groups excluding carboxylic acids is 2. The Morgan fingerprint density at radius 2 is 1.72 bits per heavy atom. The number of nitriles is 1. The topological polar surface area (TPSA) is 99.7 Å². The van der Waals surface area contributed by atoms with E-state index in [4.69, 9.17) is 10.5 Å². The number of nitrogens with two attached hydrogens (primary N) is 1. The molecule has 3 aliphatic rings. The van der Waals surface area contributed by atoms with Crippen LogP contribution in [0.5, 0.6) is 0 Å². The van der Waals surface area contributed by atoms with Crippen LogP contribution >= 0.6 is 0 Å². The first-order chi connectivity index (χ1) is 18.7. The molecule has 1 amide bonds. The molecular formula is C29H19F3N4O3. The van der Waals surface area contributed by atoms with Gasteiger partial charge in [0.15, 0.2) is 0 Å². The van der Waals surface area contributed by atoms with Gasteiger partial charge in [-0.15, -0.1) is 0 Å². The van der Waals surface area contributed by atoms with Gasteiger partial charge in [0.1, 0.15) is 23.9 Å². The van der Waals surface area contributed by atoms with Crippen molar-refractivity contribution in [1.29, 1.82) is 5.26 Å². The Morgan fingerprint density at radius 1 is 1.00 bits per heavy atom. The average molecular weight is 528 g/mol. The van der Waals surface area contributed by atoms with Gasteiger partial charge in [0.05, 0.1) is 29.0 Å². The van der Waals surface area contributed by atoms with Gasteiger partial charge in [-0.3, -0.25) is 9.69 Å². The van der Waals surface area contributed by atoms with Crippen LogP contribution in [0.4, 0.5) is 24.5 Å². The van der Waals surface area contributed by atoms with Crippen molar-refractivity contribution in [3.05, 3.63) is 118 Å². The molecule has 7 nitrogen and oxygen atoms in total. The highest BCUT2D eigenvalue weighted by molar-refractivity contribution is 6.19. The number of halogens is 3. The van der Waals surface area contributed by atoms with E-state index in [1.165, 1.54) is 21.9 Å². The molecule has 3 aromatic carbocycles. The second-order valence-electron chi connectivity index (χ2n) is 9.30. The summed E-state index contributed by atoms with van der Waals surface area (Å²) in [7, 11) is 0. The maximum Gasteiger partial charge on any atom is 0.416 e. The van der Waals surface area contributed by atoms with Crippen LogP contribution in [-0.2, 0) is 32.5 Å². The molecule has 0 saturated heterocycles. The van der Waals surface area contributed by atoms with E-state index in [1.807, 2.05) is 36.4 Å². The lowest BCUT2D eigenvalue weighted by Crippen LogP contribution is -2.50. The van der Waals surface area contributed by atoms with Crippen molar-refractivity contribution >= 4 is 23.3 Å². The number of para-hydroxylation sites is 1. The second kappa shape index (κ2) is 8.49. The maximum atomic E-state index is 14.5. The smallest absolute Gasteiger partial charge is 0.416 e. The Kier molecular flexibility index (Phi) is 5.29. The Balaban J connectivity index is 1.60. The Labute approximate surface area is 220 Å². The third-order valence-corrected chi connectivity index (χ3v) is 7.24. The normalized spacial score (nSPS) is 20.4. The Hall–Kier alpha value is -5.04. The number of benzene rings is 3. The van der Waals surface area contributed by atoms with Crippen molar-refractivity contribution in [3.8, 4) is 6.07 Å². The van der Waals surface area contributed by atoms with Crippen molar-refractivity contribution in [3.63, 3.8) is 0 Å². The number of anilines is 2. The molecule has 0 fully saturated rings. The molecule has 3 heterocycles. The highest BCUT2D eigenvalue weighted by Gasteiger charge is 2.64. The number of alkyl halides is 3. The van der Waals surface area contributed by atoms with Crippen LogP contribution in [-0.4, -0.2) is 18.5 Å². The molecule has 0 aromatic heterocycles. The summed E-state index contributed by atoms with van der Waals surface area (Å²) in [6.45, 7) is -0.175. The number of fused-ring (bicyclic) bond motifs is 3.